The lowest BCUT2D eigenvalue weighted by atomic mass is 10.2. The lowest BCUT2D eigenvalue weighted by Crippen LogP contribution is -1.74. The van der Waals surface area contributed by atoms with Crippen molar-refractivity contribution in [2.45, 2.75) is 0 Å². The third-order valence-corrected chi connectivity index (χ3v) is 2.72. The van der Waals surface area contributed by atoms with Crippen molar-refractivity contribution < 1.29 is 0 Å². The van der Waals surface area contributed by atoms with Crippen LogP contribution in [0.15, 0.2) is 72.8 Å². The Morgan fingerprint density at radius 1 is 0.824 bits per heavy atom. The molecule has 0 saturated heterocycles. The van der Waals surface area contributed by atoms with Gasteiger partial charge in [-0.25, -0.2) is 0 Å². The summed E-state index contributed by atoms with van der Waals surface area (Å²) in [5.41, 5.74) is 2.20. The molecule has 0 amide bonds. The highest BCUT2D eigenvalue weighted by Crippen LogP contribution is 2.18. The average Bonchev–Trinajstić information content (AvgIpc) is 2.41. The van der Waals surface area contributed by atoms with Crippen molar-refractivity contribution in [2.75, 3.05) is 0 Å². The number of benzene rings is 2. The molecule has 1 heteroatoms. The molecule has 0 bridgehead atoms. The molecule has 0 aliphatic rings. The van der Waals surface area contributed by atoms with Gasteiger partial charge in [0.2, 0.25) is 0 Å². The second-order valence-electron chi connectivity index (χ2n) is 3.65. The van der Waals surface area contributed by atoms with E-state index in [0.717, 1.165) is 10.6 Å². The summed E-state index contributed by atoms with van der Waals surface area (Å²) in [4.78, 5) is 0. The number of halogens is 1. The SMILES string of the molecule is Cl/C(=C/C=C\c1ccccc1)c1ccccc1. The van der Waals surface area contributed by atoms with Crippen molar-refractivity contribution in [1.82, 2.24) is 0 Å². The van der Waals surface area contributed by atoms with Crippen LogP contribution in [0.5, 0.6) is 0 Å². The van der Waals surface area contributed by atoms with Crippen molar-refractivity contribution in [3.05, 3.63) is 83.9 Å². The Hall–Kier alpha value is -1.79. The zero-order valence-electron chi connectivity index (χ0n) is 9.38. The van der Waals surface area contributed by atoms with Crippen LogP contribution >= 0.6 is 11.6 Å². The fourth-order valence-electron chi connectivity index (χ4n) is 1.50. The summed E-state index contributed by atoms with van der Waals surface area (Å²) < 4.78 is 0. The zero-order chi connectivity index (χ0) is 11.9. The lowest BCUT2D eigenvalue weighted by molar-refractivity contribution is 1.64. The van der Waals surface area contributed by atoms with Gasteiger partial charge in [0.25, 0.3) is 0 Å². The molecule has 0 unspecified atom stereocenters. The molecule has 84 valence electrons. The molecule has 0 nitrogen and oxygen atoms in total. The molecule has 17 heavy (non-hydrogen) atoms. The van der Waals surface area contributed by atoms with E-state index in [1.54, 1.807) is 0 Å². The molecule has 0 fully saturated rings. The Bertz CT molecular complexity index is 510. The maximum atomic E-state index is 6.18. The van der Waals surface area contributed by atoms with Crippen LogP contribution in [0.3, 0.4) is 0 Å². The summed E-state index contributed by atoms with van der Waals surface area (Å²) in [5, 5.41) is 0.748. The largest absolute Gasteiger partial charge is 0.0837 e. The predicted octanol–water partition coefficient (Wildman–Crippen LogP) is 4.98. The van der Waals surface area contributed by atoms with Crippen LogP contribution in [0.25, 0.3) is 11.1 Å². The first-order chi connectivity index (χ1) is 8.36. The highest BCUT2D eigenvalue weighted by molar-refractivity contribution is 6.48. The van der Waals surface area contributed by atoms with E-state index in [9.17, 15) is 0 Å². The van der Waals surface area contributed by atoms with Gasteiger partial charge >= 0.3 is 0 Å². The minimum Gasteiger partial charge on any atom is -0.0837 e. The molecule has 2 aromatic rings. The molecule has 0 aromatic heterocycles. The zero-order valence-corrected chi connectivity index (χ0v) is 10.1. The van der Waals surface area contributed by atoms with Crippen molar-refractivity contribution in [3.63, 3.8) is 0 Å². The van der Waals surface area contributed by atoms with Gasteiger partial charge in [0.05, 0.1) is 0 Å². The number of allylic oxidation sites excluding steroid dienone is 2. The first kappa shape index (κ1) is 11.7. The molecule has 0 radical (unpaired) electrons. The maximum absolute atomic E-state index is 6.18. The Labute approximate surface area is 107 Å². The lowest BCUT2D eigenvalue weighted by Gasteiger charge is -1.96. The van der Waals surface area contributed by atoms with Crippen molar-refractivity contribution >= 4 is 22.7 Å². The number of hydrogen-bond donors (Lipinski definition) is 0. The smallest absolute Gasteiger partial charge is 0.0478 e. The molecule has 2 rings (SSSR count). The molecule has 0 atom stereocenters. The van der Waals surface area contributed by atoms with E-state index in [-0.39, 0.29) is 0 Å². The molecule has 0 aliphatic carbocycles. The number of hydrogen-bond acceptors (Lipinski definition) is 0. The van der Waals surface area contributed by atoms with Gasteiger partial charge < -0.3 is 0 Å². The van der Waals surface area contributed by atoms with E-state index in [2.05, 4.69) is 12.1 Å². The van der Waals surface area contributed by atoms with Gasteiger partial charge in [-0.3, -0.25) is 0 Å². The first-order valence-corrected chi connectivity index (χ1v) is 5.88. The molecule has 2 aromatic carbocycles. The van der Waals surface area contributed by atoms with Crippen LogP contribution in [0.2, 0.25) is 0 Å². The third kappa shape index (κ3) is 3.61. The monoisotopic (exact) mass is 240 g/mol. The van der Waals surface area contributed by atoms with Gasteiger partial charge in [-0.2, -0.15) is 0 Å². The highest BCUT2D eigenvalue weighted by atomic mass is 35.5. The van der Waals surface area contributed by atoms with Crippen LogP contribution < -0.4 is 0 Å². The molecular formula is C16H13Cl. The molecule has 0 spiro atoms. The van der Waals surface area contributed by atoms with E-state index < -0.39 is 0 Å². The fourth-order valence-corrected chi connectivity index (χ4v) is 1.70. The highest BCUT2D eigenvalue weighted by Gasteiger charge is 1.93. The Morgan fingerprint density at radius 2 is 1.41 bits per heavy atom. The molecule has 0 N–H and O–H groups in total. The van der Waals surface area contributed by atoms with Crippen molar-refractivity contribution in [2.24, 2.45) is 0 Å². The normalized spacial score (nSPS) is 11.9. The summed E-state index contributed by atoms with van der Waals surface area (Å²) >= 11 is 6.18. The molecular weight excluding hydrogens is 228 g/mol. The van der Waals surface area contributed by atoms with E-state index in [1.165, 1.54) is 5.56 Å². The summed E-state index contributed by atoms with van der Waals surface area (Å²) in [6.45, 7) is 0. The van der Waals surface area contributed by atoms with Crippen LogP contribution in [0.4, 0.5) is 0 Å². The van der Waals surface area contributed by atoms with E-state index >= 15 is 0 Å². The second-order valence-corrected chi connectivity index (χ2v) is 4.06. The van der Waals surface area contributed by atoms with Crippen LogP contribution in [-0.2, 0) is 0 Å². The van der Waals surface area contributed by atoms with Crippen LogP contribution in [-0.4, -0.2) is 0 Å². The van der Waals surface area contributed by atoms with E-state index in [0.29, 0.717) is 0 Å². The van der Waals surface area contributed by atoms with E-state index in [4.69, 9.17) is 11.6 Å². The van der Waals surface area contributed by atoms with Crippen molar-refractivity contribution in [1.29, 1.82) is 0 Å². The van der Waals surface area contributed by atoms with Gasteiger partial charge in [0.15, 0.2) is 0 Å². The fraction of sp³-hybridized carbons (Fsp3) is 0. The van der Waals surface area contributed by atoms with Gasteiger partial charge in [-0.15, -0.1) is 0 Å². The van der Waals surface area contributed by atoms with Crippen LogP contribution in [0.1, 0.15) is 11.1 Å². The van der Waals surface area contributed by atoms with Gasteiger partial charge in [0, 0.05) is 5.03 Å². The Balaban J connectivity index is 2.09. The molecule has 0 heterocycles. The molecule has 0 aliphatic heterocycles. The number of rotatable bonds is 3. The van der Waals surface area contributed by atoms with Gasteiger partial charge in [0.1, 0.15) is 0 Å². The van der Waals surface area contributed by atoms with E-state index in [1.807, 2.05) is 66.8 Å². The quantitative estimate of drug-likeness (QED) is 0.664. The molecule has 0 saturated carbocycles. The van der Waals surface area contributed by atoms with Crippen molar-refractivity contribution in [3.8, 4) is 0 Å². The second kappa shape index (κ2) is 6.07. The topological polar surface area (TPSA) is 0 Å². The third-order valence-electron chi connectivity index (χ3n) is 2.38. The summed E-state index contributed by atoms with van der Waals surface area (Å²) in [7, 11) is 0. The summed E-state index contributed by atoms with van der Waals surface area (Å²) in [6.07, 6.45) is 5.90. The summed E-state index contributed by atoms with van der Waals surface area (Å²) in [6, 6.07) is 20.1. The average molecular weight is 241 g/mol. The Morgan fingerprint density at radius 3 is 2.06 bits per heavy atom. The minimum absolute atomic E-state index is 0.748. The Kier molecular flexibility index (Phi) is 4.17. The minimum atomic E-state index is 0.748. The van der Waals surface area contributed by atoms with Crippen LogP contribution in [0, 0.1) is 0 Å². The van der Waals surface area contributed by atoms with Gasteiger partial charge in [-0.05, 0) is 17.2 Å². The van der Waals surface area contributed by atoms with Gasteiger partial charge in [-0.1, -0.05) is 84.4 Å². The maximum Gasteiger partial charge on any atom is 0.0478 e. The standard InChI is InChI=1S/C16H13Cl/c17-16(15-11-5-2-6-12-15)13-7-10-14-8-3-1-4-9-14/h1-13H/b10-7-,16-13+. The predicted molar refractivity (Wildman–Crippen MR) is 75.7 cm³/mol. The first-order valence-electron chi connectivity index (χ1n) is 5.50. The summed E-state index contributed by atoms with van der Waals surface area (Å²) in [5.74, 6) is 0.